The average molecular weight is 244 g/mol. The van der Waals surface area contributed by atoms with Gasteiger partial charge in [-0.1, -0.05) is 0 Å². The van der Waals surface area contributed by atoms with Crippen molar-refractivity contribution >= 4 is 5.95 Å². The molecule has 0 radical (unpaired) electrons. The first-order valence-corrected chi connectivity index (χ1v) is 5.68. The first-order valence-electron chi connectivity index (χ1n) is 5.68. The fourth-order valence-electron chi connectivity index (χ4n) is 1.78. The number of anilines is 1. The van der Waals surface area contributed by atoms with Gasteiger partial charge in [0.05, 0.1) is 25.1 Å². The monoisotopic (exact) mass is 244 g/mol. The van der Waals surface area contributed by atoms with Crippen LogP contribution in [-0.2, 0) is 0 Å². The first kappa shape index (κ1) is 10.8. The van der Waals surface area contributed by atoms with E-state index >= 15 is 0 Å². The Hall–Kier alpha value is -2.37. The number of hydrogen-bond donors (Lipinski definition) is 1. The predicted octanol–water partition coefficient (Wildman–Crippen LogP) is 1.28. The van der Waals surface area contributed by atoms with E-state index in [0.717, 1.165) is 23.5 Å². The van der Waals surface area contributed by atoms with Crippen molar-refractivity contribution in [1.82, 2.24) is 15.2 Å². The highest BCUT2D eigenvalue weighted by atomic mass is 16.5. The largest absolute Gasteiger partial charge is 0.490 e. The number of ether oxygens (including phenoxy) is 2. The second kappa shape index (κ2) is 4.48. The van der Waals surface area contributed by atoms with Crippen LogP contribution < -0.4 is 15.2 Å². The molecule has 2 N–H and O–H groups in total. The summed E-state index contributed by atoms with van der Waals surface area (Å²) in [5.74, 6) is 1.63. The van der Waals surface area contributed by atoms with Crippen molar-refractivity contribution in [2.24, 2.45) is 0 Å². The quantitative estimate of drug-likeness (QED) is 0.813. The standard InChI is InChI=1S/C12H12N4O2/c13-12-15-9(7-14-16-12)8-2-3-10-11(6-8)18-5-1-4-17-10/h2-3,6-7H,1,4-5H2,(H2,13,15,16). The molecule has 3 rings (SSSR count). The zero-order valence-electron chi connectivity index (χ0n) is 9.67. The first-order chi connectivity index (χ1) is 8.83. The number of nitrogens with two attached hydrogens (primary N) is 1. The van der Waals surface area contributed by atoms with Crippen LogP contribution in [0.5, 0.6) is 11.5 Å². The number of benzene rings is 1. The Bertz CT molecular complexity index is 574. The maximum atomic E-state index is 5.62. The number of fused-ring (bicyclic) bond motifs is 1. The molecule has 0 saturated carbocycles. The summed E-state index contributed by atoms with van der Waals surface area (Å²) in [7, 11) is 0. The van der Waals surface area contributed by atoms with E-state index in [2.05, 4.69) is 15.2 Å². The molecule has 0 aliphatic carbocycles. The summed E-state index contributed by atoms with van der Waals surface area (Å²) in [6.07, 6.45) is 2.45. The summed E-state index contributed by atoms with van der Waals surface area (Å²) in [4.78, 5) is 4.12. The highest BCUT2D eigenvalue weighted by Crippen LogP contribution is 2.33. The summed E-state index contributed by atoms with van der Waals surface area (Å²) in [6, 6.07) is 5.65. The molecule has 2 heterocycles. The van der Waals surface area contributed by atoms with Crippen LogP contribution in [0.3, 0.4) is 0 Å². The van der Waals surface area contributed by atoms with E-state index in [1.165, 1.54) is 0 Å². The van der Waals surface area contributed by atoms with Crippen molar-refractivity contribution < 1.29 is 9.47 Å². The van der Waals surface area contributed by atoms with Crippen LogP contribution in [0.15, 0.2) is 24.4 Å². The van der Waals surface area contributed by atoms with Crippen molar-refractivity contribution in [3.8, 4) is 22.8 Å². The molecule has 0 atom stereocenters. The van der Waals surface area contributed by atoms with Crippen molar-refractivity contribution in [2.45, 2.75) is 6.42 Å². The number of rotatable bonds is 1. The minimum Gasteiger partial charge on any atom is -0.490 e. The number of nitrogen functional groups attached to an aromatic ring is 1. The highest BCUT2D eigenvalue weighted by molar-refractivity contribution is 5.63. The Morgan fingerprint density at radius 3 is 2.78 bits per heavy atom. The molecular weight excluding hydrogens is 232 g/mol. The number of nitrogens with zero attached hydrogens (tertiary/aromatic N) is 3. The van der Waals surface area contributed by atoms with Crippen LogP contribution in [0, 0.1) is 0 Å². The Kier molecular flexibility index (Phi) is 2.68. The predicted molar refractivity (Wildman–Crippen MR) is 65.3 cm³/mol. The summed E-state index contributed by atoms with van der Waals surface area (Å²) < 4.78 is 11.2. The molecule has 0 saturated heterocycles. The third kappa shape index (κ3) is 2.04. The second-order valence-corrected chi connectivity index (χ2v) is 3.91. The number of hydrogen-bond acceptors (Lipinski definition) is 6. The normalized spacial score (nSPS) is 14.0. The van der Waals surface area contributed by atoms with Gasteiger partial charge in [-0.25, -0.2) is 4.98 Å². The smallest absolute Gasteiger partial charge is 0.240 e. The third-order valence-corrected chi connectivity index (χ3v) is 2.62. The van der Waals surface area contributed by atoms with Crippen molar-refractivity contribution in [3.63, 3.8) is 0 Å². The van der Waals surface area contributed by atoms with E-state index in [1.807, 2.05) is 18.2 Å². The van der Waals surface area contributed by atoms with Crippen LogP contribution in [-0.4, -0.2) is 28.4 Å². The van der Waals surface area contributed by atoms with Gasteiger partial charge in [0.1, 0.15) is 0 Å². The van der Waals surface area contributed by atoms with Crippen LogP contribution in [0.4, 0.5) is 5.95 Å². The van der Waals surface area contributed by atoms with Gasteiger partial charge >= 0.3 is 0 Å². The van der Waals surface area contributed by atoms with Gasteiger partial charge in [-0.3, -0.25) is 0 Å². The minimum absolute atomic E-state index is 0.152. The zero-order chi connectivity index (χ0) is 12.4. The Labute approximate surface area is 104 Å². The lowest BCUT2D eigenvalue weighted by Gasteiger charge is -2.08. The summed E-state index contributed by atoms with van der Waals surface area (Å²) >= 11 is 0. The Balaban J connectivity index is 2.01. The van der Waals surface area contributed by atoms with Crippen LogP contribution in [0.2, 0.25) is 0 Å². The minimum atomic E-state index is 0.152. The lowest BCUT2D eigenvalue weighted by Crippen LogP contribution is -1.98. The summed E-state index contributed by atoms with van der Waals surface area (Å²) in [5.41, 5.74) is 7.06. The van der Waals surface area contributed by atoms with Crippen LogP contribution in [0.1, 0.15) is 6.42 Å². The molecule has 18 heavy (non-hydrogen) atoms. The molecule has 2 aromatic rings. The molecule has 0 fully saturated rings. The highest BCUT2D eigenvalue weighted by Gasteiger charge is 2.12. The Morgan fingerprint density at radius 2 is 1.94 bits per heavy atom. The van der Waals surface area contributed by atoms with Crippen molar-refractivity contribution in [2.75, 3.05) is 18.9 Å². The van der Waals surface area contributed by atoms with Gasteiger partial charge in [-0.2, -0.15) is 5.10 Å². The molecule has 0 unspecified atom stereocenters. The SMILES string of the molecule is Nc1nncc(-c2ccc3c(c2)OCCCO3)n1. The van der Waals surface area contributed by atoms with Gasteiger partial charge in [0.2, 0.25) is 5.95 Å². The van der Waals surface area contributed by atoms with E-state index < -0.39 is 0 Å². The van der Waals surface area contributed by atoms with Gasteiger partial charge < -0.3 is 15.2 Å². The van der Waals surface area contributed by atoms with Crippen molar-refractivity contribution in [3.05, 3.63) is 24.4 Å². The molecule has 1 aliphatic heterocycles. The summed E-state index contributed by atoms with van der Waals surface area (Å²) in [5, 5.41) is 7.41. The fourth-order valence-corrected chi connectivity index (χ4v) is 1.78. The van der Waals surface area contributed by atoms with E-state index in [-0.39, 0.29) is 5.95 Å². The Morgan fingerprint density at radius 1 is 1.11 bits per heavy atom. The van der Waals surface area contributed by atoms with Gasteiger partial charge in [0, 0.05) is 12.0 Å². The molecule has 1 aromatic carbocycles. The third-order valence-electron chi connectivity index (χ3n) is 2.62. The van der Waals surface area contributed by atoms with E-state index in [9.17, 15) is 0 Å². The van der Waals surface area contributed by atoms with E-state index in [1.54, 1.807) is 6.20 Å². The number of aromatic nitrogens is 3. The lowest BCUT2D eigenvalue weighted by molar-refractivity contribution is 0.297. The molecule has 0 amide bonds. The maximum Gasteiger partial charge on any atom is 0.240 e. The molecule has 6 nitrogen and oxygen atoms in total. The van der Waals surface area contributed by atoms with Crippen molar-refractivity contribution in [1.29, 1.82) is 0 Å². The second-order valence-electron chi connectivity index (χ2n) is 3.91. The topological polar surface area (TPSA) is 83.2 Å². The molecule has 92 valence electrons. The molecule has 0 spiro atoms. The van der Waals surface area contributed by atoms with Gasteiger partial charge in [0.15, 0.2) is 11.5 Å². The molecular formula is C12H12N4O2. The van der Waals surface area contributed by atoms with Gasteiger partial charge in [0.25, 0.3) is 0 Å². The maximum absolute atomic E-state index is 5.62. The average Bonchev–Trinajstić information content (AvgIpc) is 2.63. The van der Waals surface area contributed by atoms with E-state index in [4.69, 9.17) is 15.2 Å². The molecule has 0 bridgehead atoms. The van der Waals surface area contributed by atoms with Crippen LogP contribution >= 0.6 is 0 Å². The molecule has 1 aliphatic rings. The molecule has 1 aromatic heterocycles. The van der Waals surface area contributed by atoms with Crippen LogP contribution in [0.25, 0.3) is 11.3 Å². The fraction of sp³-hybridized carbons (Fsp3) is 0.250. The van der Waals surface area contributed by atoms with Gasteiger partial charge in [-0.15, -0.1) is 5.10 Å². The molecule has 6 heteroatoms. The van der Waals surface area contributed by atoms with Gasteiger partial charge in [-0.05, 0) is 18.2 Å². The zero-order valence-corrected chi connectivity index (χ0v) is 9.67. The van der Waals surface area contributed by atoms with E-state index in [0.29, 0.717) is 18.9 Å². The summed E-state index contributed by atoms with van der Waals surface area (Å²) in [6.45, 7) is 1.33. The lowest BCUT2D eigenvalue weighted by atomic mass is 10.1.